The number of carbonyl (C=O) groups excluding carboxylic acids is 1. The second-order valence-electron chi connectivity index (χ2n) is 5.51. The lowest BCUT2D eigenvalue weighted by Crippen LogP contribution is -2.41. The maximum absolute atomic E-state index is 13.2. The molecule has 1 rings (SSSR count). The average molecular weight is 261 g/mol. The van der Waals surface area contributed by atoms with Crippen LogP contribution in [0.2, 0.25) is 0 Å². The molecule has 18 heavy (non-hydrogen) atoms. The van der Waals surface area contributed by atoms with Gasteiger partial charge in [0.05, 0.1) is 0 Å². The number of rotatable bonds is 3. The maximum atomic E-state index is 13.2. The molecular formula is C12H20FNO4. The molecule has 1 aliphatic rings. The van der Waals surface area contributed by atoms with E-state index in [9.17, 15) is 14.0 Å². The van der Waals surface area contributed by atoms with Crippen molar-refractivity contribution in [2.45, 2.75) is 57.8 Å². The van der Waals surface area contributed by atoms with Crippen molar-refractivity contribution in [3.63, 3.8) is 0 Å². The topological polar surface area (TPSA) is 66.8 Å². The summed E-state index contributed by atoms with van der Waals surface area (Å²) >= 11 is 0. The third-order valence-corrected chi connectivity index (χ3v) is 2.75. The molecular weight excluding hydrogens is 241 g/mol. The molecule has 1 N–H and O–H groups in total. The summed E-state index contributed by atoms with van der Waals surface area (Å²) in [6.07, 6.45) is -1.24. The Balaban J connectivity index is 2.59. The van der Waals surface area contributed by atoms with Gasteiger partial charge >= 0.3 is 12.1 Å². The third kappa shape index (κ3) is 4.16. The first-order valence-corrected chi connectivity index (χ1v) is 6.07. The Hall–Kier alpha value is -1.33. The van der Waals surface area contributed by atoms with Crippen LogP contribution in [0.15, 0.2) is 0 Å². The predicted octanol–water partition coefficient (Wildman–Crippen LogP) is 2.20. The Bertz CT molecular complexity index is 327. The number of aliphatic carboxylic acids is 1. The van der Waals surface area contributed by atoms with Gasteiger partial charge in [-0.15, -0.1) is 0 Å². The molecule has 0 spiro atoms. The lowest BCUT2D eigenvalue weighted by Gasteiger charge is -2.28. The summed E-state index contributed by atoms with van der Waals surface area (Å²) < 4.78 is 18.4. The van der Waals surface area contributed by atoms with Crippen LogP contribution in [0.3, 0.4) is 0 Å². The van der Waals surface area contributed by atoms with Gasteiger partial charge in [-0.25, -0.2) is 14.0 Å². The van der Waals surface area contributed by atoms with E-state index in [1.165, 1.54) is 4.90 Å². The zero-order chi connectivity index (χ0) is 13.9. The fourth-order valence-corrected chi connectivity index (χ4v) is 1.98. The summed E-state index contributed by atoms with van der Waals surface area (Å²) in [7, 11) is 0. The molecule has 1 fully saturated rings. The van der Waals surface area contributed by atoms with E-state index in [4.69, 9.17) is 9.84 Å². The second-order valence-corrected chi connectivity index (χ2v) is 5.51. The molecule has 1 amide bonds. The minimum atomic E-state index is -1.93. The van der Waals surface area contributed by atoms with Crippen LogP contribution in [0, 0.1) is 0 Å². The van der Waals surface area contributed by atoms with E-state index in [0.717, 1.165) is 6.42 Å². The average Bonchev–Trinajstić information content (AvgIpc) is 2.62. The molecule has 0 aliphatic carbocycles. The molecule has 1 heterocycles. The van der Waals surface area contributed by atoms with Crippen molar-refractivity contribution >= 4 is 12.1 Å². The molecule has 0 aromatic carbocycles. The number of carboxylic acids is 1. The maximum Gasteiger partial charge on any atom is 0.410 e. The molecule has 0 aromatic heterocycles. The fraction of sp³-hybridized carbons (Fsp3) is 0.833. The molecule has 104 valence electrons. The van der Waals surface area contributed by atoms with Gasteiger partial charge < -0.3 is 14.7 Å². The van der Waals surface area contributed by atoms with Crippen LogP contribution >= 0.6 is 0 Å². The number of nitrogens with zero attached hydrogens (tertiary/aromatic N) is 1. The SMILES string of the molecule is CC(C)(C)OC(=O)N1CCCC1CC(F)C(=O)O. The summed E-state index contributed by atoms with van der Waals surface area (Å²) in [6.45, 7) is 5.76. The lowest BCUT2D eigenvalue weighted by atomic mass is 10.1. The minimum absolute atomic E-state index is 0.172. The highest BCUT2D eigenvalue weighted by atomic mass is 19.1. The number of ether oxygens (including phenoxy) is 1. The Morgan fingerprint density at radius 2 is 2.11 bits per heavy atom. The van der Waals surface area contributed by atoms with E-state index in [1.54, 1.807) is 20.8 Å². The van der Waals surface area contributed by atoms with Crippen molar-refractivity contribution in [3.8, 4) is 0 Å². The van der Waals surface area contributed by atoms with Crippen LogP contribution in [-0.2, 0) is 9.53 Å². The van der Waals surface area contributed by atoms with Crippen LogP contribution in [0.4, 0.5) is 9.18 Å². The number of carboxylic acid groups (broad SMARTS) is 1. The molecule has 0 aromatic rings. The van der Waals surface area contributed by atoms with Crippen LogP contribution < -0.4 is 0 Å². The van der Waals surface area contributed by atoms with Gasteiger partial charge in [0.1, 0.15) is 5.60 Å². The first-order chi connectivity index (χ1) is 8.20. The zero-order valence-electron chi connectivity index (χ0n) is 11.0. The first kappa shape index (κ1) is 14.7. The van der Waals surface area contributed by atoms with Crippen LogP contribution in [0.5, 0.6) is 0 Å². The van der Waals surface area contributed by atoms with Gasteiger partial charge in [0.2, 0.25) is 0 Å². The largest absolute Gasteiger partial charge is 0.479 e. The van der Waals surface area contributed by atoms with E-state index >= 15 is 0 Å². The molecule has 5 nitrogen and oxygen atoms in total. The number of likely N-dealkylation sites (tertiary alicyclic amines) is 1. The van der Waals surface area contributed by atoms with Crippen molar-refractivity contribution in [2.75, 3.05) is 6.54 Å². The minimum Gasteiger partial charge on any atom is -0.479 e. The summed E-state index contributed by atoms with van der Waals surface area (Å²) in [5.74, 6) is -1.48. The number of carbonyl (C=O) groups is 2. The Morgan fingerprint density at radius 1 is 1.50 bits per heavy atom. The first-order valence-electron chi connectivity index (χ1n) is 6.07. The van der Waals surface area contributed by atoms with Crippen LogP contribution in [0.1, 0.15) is 40.0 Å². The van der Waals surface area contributed by atoms with Gasteiger partial charge in [-0.05, 0) is 33.6 Å². The number of hydrogen-bond donors (Lipinski definition) is 1. The Kier molecular flexibility index (Phi) is 4.53. The quantitative estimate of drug-likeness (QED) is 0.845. The molecule has 1 aliphatic heterocycles. The Labute approximate surface area is 106 Å². The Morgan fingerprint density at radius 3 is 2.61 bits per heavy atom. The van der Waals surface area contributed by atoms with Gasteiger partial charge in [-0.3, -0.25) is 0 Å². The molecule has 1 saturated heterocycles. The third-order valence-electron chi connectivity index (χ3n) is 2.75. The number of amides is 1. The van der Waals surface area contributed by atoms with E-state index in [-0.39, 0.29) is 12.5 Å². The van der Waals surface area contributed by atoms with E-state index in [1.807, 2.05) is 0 Å². The molecule has 0 bridgehead atoms. The predicted molar refractivity (Wildman–Crippen MR) is 63.1 cm³/mol. The molecule has 2 unspecified atom stereocenters. The molecule has 6 heteroatoms. The second kappa shape index (κ2) is 5.54. The smallest absolute Gasteiger partial charge is 0.410 e. The summed E-state index contributed by atoms with van der Waals surface area (Å²) in [5, 5.41) is 8.54. The monoisotopic (exact) mass is 261 g/mol. The van der Waals surface area contributed by atoms with Gasteiger partial charge in [0, 0.05) is 19.0 Å². The van der Waals surface area contributed by atoms with Crippen LogP contribution in [-0.4, -0.2) is 46.4 Å². The van der Waals surface area contributed by atoms with Crippen molar-refractivity contribution in [2.24, 2.45) is 0 Å². The van der Waals surface area contributed by atoms with Crippen LogP contribution in [0.25, 0.3) is 0 Å². The van der Waals surface area contributed by atoms with Crippen molar-refractivity contribution in [3.05, 3.63) is 0 Å². The normalized spacial score (nSPS) is 21.8. The van der Waals surface area contributed by atoms with Crippen molar-refractivity contribution in [1.29, 1.82) is 0 Å². The highest BCUT2D eigenvalue weighted by molar-refractivity contribution is 5.72. The van der Waals surface area contributed by atoms with Gasteiger partial charge in [-0.1, -0.05) is 0 Å². The van der Waals surface area contributed by atoms with Crippen molar-refractivity contribution in [1.82, 2.24) is 4.90 Å². The van der Waals surface area contributed by atoms with E-state index < -0.39 is 23.8 Å². The lowest BCUT2D eigenvalue weighted by molar-refractivity contribution is -0.143. The fourth-order valence-electron chi connectivity index (χ4n) is 1.98. The summed E-state index contributed by atoms with van der Waals surface area (Å²) in [4.78, 5) is 23.8. The number of hydrogen-bond acceptors (Lipinski definition) is 3. The van der Waals surface area contributed by atoms with E-state index in [0.29, 0.717) is 13.0 Å². The molecule has 0 radical (unpaired) electrons. The van der Waals surface area contributed by atoms with Gasteiger partial charge in [0.15, 0.2) is 6.17 Å². The zero-order valence-corrected chi connectivity index (χ0v) is 11.0. The standard InChI is InChI=1S/C12H20FNO4/c1-12(2,3)18-11(17)14-6-4-5-8(14)7-9(13)10(15)16/h8-9H,4-7H2,1-3H3,(H,15,16). The summed E-state index contributed by atoms with van der Waals surface area (Å²) in [5.41, 5.74) is -0.605. The highest BCUT2D eigenvalue weighted by Gasteiger charge is 2.35. The van der Waals surface area contributed by atoms with Gasteiger partial charge in [-0.2, -0.15) is 0 Å². The van der Waals surface area contributed by atoms with E-state index in [2.05, 4.69) is 0 Å². The molecule has 0 saturated carbocycles. The van der Waals surface area contributed by atoms with Crippen molar-refractivity contribution < 1.29 is 23.8 Å². The molecule has 2 atom stereocenters. The highest BCUT2D eigenvalue weighted by Crippen LogP contribution is 2.24. The number of alkyl halides is 1. The number of halogens is 1. The van der Waals surface area contributed by atoms with Gasteiger partial charge in [0.25, 0.3) is 0 Å². The summed E-state index contributed by atoms with van der Waals surface area (Å²) in [6, 6.07) is -0.383.